The Labute approximate surface area is 236 Å². The summed E-state index contributed by atoms with van der Waals surface area (Å²) in [7, 11) is -3.81. The number of rotatable bonds is 6. The number of hydrogen-bond donors (Lipinski definition) is 3. The minimum absolute atomic E-state index is 0.0741. The summed E-state index contributed by atoms with van der Waals surface area (Å²) in [6.07, 6.45) is 6.02. The molecule has 1 amide bonds. The third kappa shape index (κ3) is 6.33. The van der Waals surface area contributed by atoms with Crippen LogP contribution in [-0.4, -0.2) is 25.5 Å². The van der Waals surface area contributed by atoms with Gasteiger partial charge in [-0.15, -0.1) is 0 Å². The van der Waals surface area contributed by atoms with E-state index in [1.165, 1.54) is 12.8 Å². The zero-order chi connectivity index (χ0) is 28.3. The minimum atomic E-state index is -3.81. The van der Waals surface area contributed by atoms with E-state index < -0.39 is 16.1 Å². The average molecular weight is 560 g/mol. The molecule has 1 aliphatic rings. The number of hydrogen-bond acceptors (Lipinski definition) is 4. The Morgan fingerprint density at radius 1 is 0.900 bits per heavy atom. The molecule has 3 aromatic carbocycles. The maximum atomic E-state index is 13.2. The number of benzene rings is 3. The Morgan fingerprint density at radius 3 is 2.23 bits per heavy atom. The number of carbonyl (C=O) groups is 1. The van der Waals surface area contributed by atoms with Crippen LogP contribution in [0.3, 0.4) is 0 Å². The normalized spacial score (nSPS) is 15.0. The molecule has 7 nitrogen and oxygen atoms in total. The predicted molar refractivity (Wildman–Crippen MR) is 160 cm³/mol. The summed E-state index contributed by atoms with van der Waals surface area (Å²) >= 11 is 0. The van der Waals surface area contributed by atoms with E-state index in [2.05, 4.69) is 35.8 Å². The Morgan fingerprint density at radius 2 is 1.57 bits per heavy atom. The number of H-pyrrole nitrogens is 1. The van der Waals surface area contributed by atoms with Gasteiger partial charge in [0.05, 0.1) is 10.5 Å². The van der Waals surface area contributed by atoms with Crippen LogP contribution in [0.4, 0.5) is 10.5 Å². The van der Waals surface area contributed by atoms with E-state index in [4.69, 9.17) is 4.74 Å². The molecule has 1 aromatic heterocycles. The van der Waals surface area contributed by atoms with Crippen molar-refractivity contribution in [2.24, 2.45) is 0 Å². The lowest BCUT2D eigenvalue weighted by molar-refractivity contribution is 0.193. The molecule has 40 heavy (non-hydrogen) atoms. The van der Waals surface area contributed by atoms with Gasteiger partial charge >= 0.3 is 6.09 Å². The smallest absolute Gasteiger partial charge is 0.393 e. The molecule has 3 N–H and O–H groups in total. The van der Waals surface area contributed by atoms with Gasteiger partial charge in [0.2, 0.25) is 5.88 Å². The van der Waals surface area contributed by atoms with Gasteiger partial charge in [-0.1, -0.05) is 88.9 Å². The van der Waals surface area contributed by atoms with Crippen LogP contribution in [0.1, 0.15) is 64.9 Å². The number of anilines is 1. The van der Waals surface area contributed by atoms with Crippen molar-refractivity contribution in [2.45, 2.75) is 75.6 Å². The van der Waals surface area contributed by atoms with Crippen molar-refractivity contribution in [3.05, 3.63) is 78.4 Å². The van der Waals surface area contributed by atoms with Crippen LogP contribution >= 0.6 is 0 Å². The van der Waals surface area contributed by atoms with Crippen molar-refractivity contribution < 1.29 is 17.9 Å². The maximum absolute atomic E-state index is 13.2. The van der Waals surface area contributed by atoms with E-state index in [0.717, 1.165) is 47.7 Å². The summed E-state index contributed by atoms with van der Waals surface area (Å²) < 4.78 is 35.0. The van der Waals surface area contributed by atoms with Crippen molar-refractivity contribution in [2.75, 3.05) is 4.72 Å². The van der Waals surface area contributed by atoms with Crippen LogP contribution in [0.5, 0.6) is 5.88 Å². The average Bonchev–Trinajstić information content (AvgIpc) is 3.06. The standard InChI is InChI=1S/C32H37N3O4S/c1-32(2,3)23-15-18-26(19-16-23)40(37,38)35-25-17-20-28-27(21-25)29(22-11-7-6-8-12-22)30(34-28)39-31(36)33-24-13-9-4-5-10-14-24/h6-8,11-12,15-21,24,34-35H,4-5,9-10,13-14H2,1-3H3,(H,33,36). The summed E-state index contributed by atoms with van der Waals surface area (Å²) in [6.45, 7) is 6.26. The lowest BCUT2D eigenvalue weighted by Gasteiger charge is -2.19. The summed E-state index contributed by atoms with van der Waals surface area (Å²) in [6, 6.07) is 21.9. The highest BCUT2D eigenvalue weighted by Crippen LogP contribution is 2.39. The van der Waals surface area contributed by atoms with E-state index in [0.29, 0.717) is 17.1 Å². The number of ether oxygens (including phenoxy) is 1. The van der Waals surface area contributed by atoms with Crippen molar-refractivity contribution in [1.29, 1.82) is 0 Å². The van der Waals surface area contributed by atoms with Crippen molar-refractivity contribution in [1.82, 2.24) is 10.3 Å². The van der Waals surface area contributed by atoms with Crippen LogP contribution in [0.25, 0.3) is 22.0 Å². The first-order chi connectivity index (χ1) is 19.1. The Bertz CT molecular complexity index is 1580. The second-order valence-corrected chi connectivity index (χ2v) is 13.2. The molecule has 1 heterocycles. The van der Waals surface area contributed by atoms with Crippen LogP contribution in [0.15, 0.2) is 77.7 Å². The highest BCUT2D eigenvalue weighted by Gasteiger charge is 2.22. The highest BCUT2D eigenvalue weighted by atomic mass is 32.2. The van der Waals surface area contributed by atoms with E-state index in [1.807, 2.05) is 42.5 Å². The molecule has 0 saturated heterocycles. The predicted octanol–water partition coefficient (Wildman–Crippen LogP) is 7.74. The first-order valence-electron chi connectivity index (χ1n) is 13.9. The summed E-state index contributed by atoms with van der Waals surface area (Å²) in [5.74, 6) is 0.324. The number of nitrogens with one attached hydrogen (secondary N) is 3. The molecule has 0 unspecified atom stereocenters. The van der Waals surface area contributed by atoms with E-state index in [1.54, 1.807) is 30.3 Å². The van der Waals surface area contributed by atoms with Gasteiger partial charge in [-0.05, 0) is 59.7 Å². The van der Waals surface area contributed by atoms with Crippen LogP contribution in [0, 0.1) is 0 Å². The molecular weight excluding hydrogens is 522 g/mol. The molecular formula is C32H37N3O4S. The maximum Gasteiger partial charge on any atom is 0.414 e. The zero-order valence-electron chi connectivity index (χ0n) is 23.3. The van der Waals surface area contributed by atoms with Gasteiger partial charge in [-0.2, -0.15) is 0 Å². The topological polar surface area (TPSA) is 100 Å². The Hall–Kier alpha value is -3.78. The Kier molecular flexibility index (Phi) is 7.90. The number of amides is 1. The van der Waals surface area contributed by atoms with Crippen LogP contribution in [-0.2, 0) is 15.4 Å². The van der Waals surface area contributed by atoms with Crippen molar-refractivity contribution in [3.63, 3.8) is 0 Å². The number of sulfonamides is 1. The Balaban J connectivity index is 1.44. The molecule has 1 saturated carbocycles. The van der Waals surface area contributed by atoms with Gasteiger partial charge < -0.3 is 15.0 Å². The third-order valence-corrected chi connectivity index (χ3v) is 8.88. The van der Waals surface area contributed by atoms with Gasteiger partial charge in [-0.25, -0.2) is 13.2 Å². The second kappa shape index (κ2) is 11.4. The third-order valence-electron chi connectivity index (χ3n) is 7.48. The van der Waals surface area contributed by atoms with E-state index >= 15 is 0 Å². The molecule has 4 aromatic rings. The summed E-state index contributed by atoms with van der Waals surface area (Å²) in [5.41, 5.74) is 3.68. The molecule has 0 atom stereocenters. The molecule has 1 aliphatic carbocycles. The molecule has 0 radical (unpaired) electrons. The summed E-state index contributed by atoms with van der Waals surface area (Å²) in [5, 5.41) is 3.77. The first-order valence-corrected chi connectivity index (χ1v) is 15.4. The molecule has 0 bridgehead atoms. The minimum Gasteiger partial charge on any atom is -0.393 e. The second-order valence-electron chi connectivity index (χ2n) is 11.6. The highest BCUT2D eigenvalue weighted by molar-refractivity contribution is 7.92. The quantitative estimate of drug-likeness (QED) is 0.210. The van der Waals surface area contributed by atoms with Crippen molar-refractivity contribution in [3.8, 4) is 17.0 Å². The monoisotopic (exact) mass is 559 g/mol. The van der Waals surface area contributed by atoms with E-state index in [9.17, 15) is 13.2 Å². The fourth-order valence-corrected chi connectivity index (χ4v) is 6.31. The summed E-state index contributed by atoms with van der Waals surface area (Å²) in [4.78, 5) is 16.3. The van der Waals surface area contributed by atoms with Gasteiger partial charge in [0.25, 0.3) is 10.0 Å². The molecule has 5 rings (SSSR count). The van der Waals surface area contributed by atoms with Crippen LogP contribution < -0.4 is 14.8 Å². The fourth-order valence-electron chi connectivity index (χ4n) is 5.26. The molecule has 8 heteroatoms. The number of fused-ring (bicyclic) bond motifs is 1. The zero-order valence-corrected chi connectivity index (χ0v) is 24.1. The van der Waals surface area contributed by atoms with Crippen LogP contribution in [0.2, 0.25) is 0 Å². The number of carbonyl (C=O) groups excluding carboxylic acids is 1. The fraction of sp³-hybridized carbons (Fsp3) is 0.344. The van der Waals surface area contributed by atoms with Crippen molar-refractivity contribution >= 4 is 32.7 Å². The van der Waals surface area contributed by atoms with Gasteiger partial charge in [-0.3, -0.25) is 4.72 Å². The molecule has 0 spiro atoms. The molecule has 1 fully saturated rings. The lowest BCUT2D eigenvalue weighted by atomic mass is 9.87. The molecule has 0 aliphatic heterocycles. The number of aromatic amines is 1. The van der Waals surface area contributed by atoms with Gasteiger partial charge in [0.1, 0.15) is 0 Å². The van der Waals surface area contributed by atoms with Gasteiger partial charge in [0, 0.05) is 22.6 Å². The van der Waals surface area contributed by atoms with Gasteiger partial charge in [0.15, 0.2) is 0 Å². The first kappa shape index (κ1) is 27.8. The van der Waals surface area contributed by atoms with E-state index in [-0.39, 0.29) is 16.4 Å². The largest absolute Gasteiger partial charge is 0.414 e. The lowest BCUT2D eigenvalue weighted by Crippen LogP contribution is -2.36. The molecule has 210 valence electrons. The number of aromatic nitrogens is 1. The SMILES string of the molecule is CC(C)(C)c1ccc(S(=O)(=O)Nc2ccc3[nH]c(OC(=O)NC4CCCCCC4)c(-c4ccccc4)c3c2)cc1.